The van der Waals surface area contributed by atoms with Gasteiger partial charge >= 0.3 is 0 Å². The fourth-order valence-electron chi connectivity index (χ4n) is 9.35. The van der Waals surface area contributed by atoms with Gasteiger partial charge in [0.25, 0.3) is 0 Å². The third-order valence-corrected chi connectivity index (χ3v) is 13.1. The van der Waals surface area contributed by atoms with E-state index >= 15 is 0 Å². The first-order valence-corrected chi connectivity index (χ1v) is 23.5. The Bertz CT molecular complexity index is 3590. The summed E-state index contributed by atoms with van der Waals surface area (Å²) in [4.78, 5) is 10.6. The molecule has 0 saturated carbocycles. The van der Waals surface area contributed by atoms with Crippen molar-refractivity contribution in [1.29, 1.82) is 0 Å². The van der Waals surface area contributed by atoms with Gasteiger partial charge in [0.2, 0.25) is 0 Å². The second-order valence-corrected chi connectivity index (χ2v) is 18.6. The van der Waals surface area contributed by atoms with Gasteiger partial charge in [-0.3, -0.25) is 9.55 Å². The lowest BCUT2D eigenvalue weighted by Crippen LogP contribution is -2.04. The van der Waals surface area contributed by atoms with E-state index in [1.54, 1.807) is 0 Å². The molecule has 0 atom stereocenters. The van der Waals surface area contributed by atoms with Crippen molar-refractivity contribution >= 4 is 11.0 Å². The molecule has 0 spiro atoms. The van der Waals surface area contributed by atoms with E-state index < -0.39 is 12.7 Å². The summed E-state index contributed by atoms with van der Waals surface area (Å²) in [5.41, 5.74) is 16.5. The van der Waals surface area contributed by atoms with Gasteiger partial charge in [-0.25, -0.2) is 4.98 Å². The Morgan fingerprint density at radius 3 is 1.76 bits per heavy atom. The van der Waals surface area contributed by atoms with Crippen LogP contribution in [0.2, 0.25) is 0 Å². The highest BCUT2D eigenvalue weighted by Crippen LogP contribution is 2.45. The van der Waals surface area contributed by atoms with Crippen molar-refractivity contribution in [2.45, 2.75) is 66.1 Å². The molecule has 8 aromatic carbocycles. The topological polar surface area (TPSA) is 50.9 Å². The molecular weight excluding hydrogens is 827 g/mol. The van der Waals surface area contributed by atoms with Crippen molar-refractivity contribution in [1.82, 2.24) is 14.5 Å². The standard InChI is InChI=1S/C64H57N3O/c1-40(2)44-26-28-46(29-27-44)49-30-31-65-59(38-49)53-34-51(45-18-11-8-12-19-45)33-52(35-53)54-24-17-25-60-62(54)66-64(58-37-50(41(3)4)36-55(42(5)6)63(58)68)67(60)61-39-56(47-20-13-9-14-21-47)43(7)32-57(61)48-22-15-10-16-23-48/h8-42,68H,1-7H3/i7D3,40D. The van der Waals surface area contributed by atoms with Crippen molar-refractivity contribution in [2.75, 3.05) is 0 Å². The van der Waals surface area contributed by atoms with Gasteiger partial charge in [-0.2, -0.15) is 0 Å². The minimum atomic E-state index is -2.43. The molecule has 0 aliphatic carbocycles. The number of aromatic hydroxyl groups is 1. The molecule has 10 rings (SSSR count). The first-order chi connectivity index (χ1) is 34.5. The fourth-order valence-corrected chi connectivity index (χ4v) is 9.35. The van der Waals surface area contributed by atoms with Crippen LogP contribution >= 0.6 is 0 Å². The molecule has 4 nitrogen and oxygen atoms in total. The number of hydrogen-bond donors (Lipinski definition) is 1. The second-order valence-electron chi connectivity index (χ2n) is 18.6. The summed E-state index contributed by atoms with van der Waals surface area (Å²) < 4.78 is 37.3. The van der Waals surface area contributed by atoms with Gasteiger partial charge in [-0.05, 0) is 146 Å². The number of phenolic OH excluding ortho intramolecular Hbond substituents is 1. The monoisotopic (exact) mass is 887 g/mol. The SMILES string of the molecule is [2H]C([2H])([2H])c1cc(-c2ccccc2)c(-n2c(-c3cc(C(C)C)cc(C(C)C)c3O)nc3c(-c4cc(-c5ccccc5)cc(-c5cc(-c6ccc(C([2H])(C)C)cc6)ccn5)c4)cccc32)cc1-c1ccccc1. The lowest BCUT2D eigenvalue weighted by atomic mass is 9.91. The van der Waals surface area contributed by atoms with E-state index in [1.807, 2.05) is 129 Å². The lowest BCUT2D eigenvalue weighted by molar-refractivity contribution is 0.466. The zero-order valence-electron chi connectivity index (χ0n) is 43.4. The van der Waals surface area contributed by atoms with Crippen molar-refractivity contribution in [2.24, 2.45) is 0 Å². The Labute approximate surface area is 406 Å². The Balaban J connectivity index is 1.28. The van der Waals surface area contributed by atoms with Gasteiger partial charge in [0.1, 0.15) is 11.6 Å². The number of hydrogen-bond acceptors (Lipinski definition) is 3. The van der Waals surface area contributed by atoms with Crippen LogP contribution in [0.3, 0.4) is 0 Å². The van der Waals surface area contributed by atoms with E-state index in [1.165, 1.54) is 0 Å². The molecule has 2 heterocycles. The number of aryl methyl sites for hydroxylation is 1. The molecule has 0 bridgehead atoms. The van der Waals surface area contributed by atoms with Crippen LogP contribution < -0.4 is 0 Å². The lowest BCUT2D eigenvalue weighted by Gasteiger charge is -2.21. The molecule has 0 amide bonds. The van der Waals surface area contributed by atoms with Crippen molar-refractivity contribution in [3.63, 3.8) is 0 Å². The summed E-state index contributed by atoms with van der Waals surface area (Å²) in [5, 5.41) is 12.5. The molecule has 0 aliphatic heterocycles. The molecule has 0 radical (unpaired) electrons. The fraction of sp³-hybridized carbons (Fsp3) is 0.156. The molecule has 0 fully saturated rings. The smallest absolute Gasteiger partial charge is 0.149 e. The zero-order chi connectivity index (χ0) is 50.5. The van der Waals surface area contributed by atoms with Crippen LogP contribution in [-0.2, 0) is 0 Å². The molecule has 4 heteroatoms. The highest BCUT2D eigenvalue weighted by molar-refractivity contribution is 5.99. The quantitative estimate of drug-likeness (QED) is 0.141. The van der Waals surface area contributed by atoms with E-state index in [0.717, 1.165) is 83.7 Å². The number of benzene rings is 8. The molecule has 0 aliphatic rings. The van der Waals surface area contributed by atoms with Crippen LogP contribution in [-0.4, -0.2) is 19.6 Å². The van der Waals surface area contributed by atoms with Gasteiger partial charge in [-0.15, -0.1) is 0 Å². The first kappa shape index (κ1) is 39.4. The number of phenols is 1. The van der Waals surface area contributed by atoms with E-state index in [9.17, 15) is 5.11 Å². The minimum Gasteiger partial charge on any atom is -0.507 e. The third-order valence-electron chi connectivity index (χ3n) is 13.1. The van der Waals surface area contributed by atoms with E-state index in [2.05, 4.69) is 111 Å². The Morgan fingerprint density at radius 2 is 1.12 bits per heavy atom. The van der Waals surface area contributed by atoms with Crippen LogP contribution in [0.15, 0.2) is 194 Å². The van der Waals surface area contributed by atoms with Crippen LogP contribution in [0.4, 0.5) is 0 Å². The number of pyridine rings is 1. The molecule has 1 N–H and O–H groups in total. The number of rotatable bonds is 11. The van der Waals surface area contributed by atoms with Gasteiger partial charge in [-0.1, -0.05) is 175 Å². The number of para-hydroxylation sites is 1. The molecule has 2 aromatic heterocycles. The van der Waals surface area contributed by atoms with E-state index in [-0.39, 0.29) is 23.1 Å². The van der Waals surface area contributed by atoms with Gasteiger partial charge in [0, 0.05) is 28.4 Å². The highest BCUT2D eigenvalue weighted by Gasteiger charge is 2.26. The Hall–Kier alpha value is -7.82. The normalized spacial score (nSPS) is 12.8. The minimum absolute atomic E-state index is 0.0139. The summed E-state index contributed by atoms with van der Waals surface area (Å²) in [6.07, 6.45) is 1.85. The number of fused-ring (bicyclic) bond motifs is 1. The average Bonchev–Trinajstić information content (AvgIpc) is 3.78. The second kappa shape index (κ2) is 18.5. The number of imidazole rings is 1. The molecule has 334 valence electrons. The maximum Gasteiger partial charge on any atom is 0.149 e. The molecular formula is C64H57N3O. The van der Waals surface area contributed by atoms with Crippen molar-refractivity contribution in [3.8, 4) is 89.7 Å². The summed E-state index contributed by atoms with van der Waals surface area (Å²) in [5.74, 6) is 0.156. The van der Waals surface area contributed by atoms with E-state index in [0.29, 0.717) is 28.0 Å². The zero-order valence-corrected chi connectivity index (χ0v) is 39.4. The summed E-state index contributed by atoms with van der Waals surface area (Å²) in [7, 11) is 0. The van der Waals surface area contributed by atoms with Crippen LogP contribution in [0.1, 0.15) is 87.0 Å². The van der Waals surface area contributed by atoms with Gasteiger partial charge in [0.15, 0.2) is 0 Å². The highest BCUT2D eigenvalue weighted by atomic mass is 16.3. The summed E-state index contributed by atoms with van der Waals surface area (Å²) >= 11 is 0. The molecule has 0 unspecified atom stereocenters. The van der Waals surface area contributed by atoms with Crippen molar-refractivity contribution < 1.29 is 10.6 Å². The van der Waals surface area contributed by atoms with Gasteiger partial charge < -0.3 is 5.11 Å². The Kier molecular flexibility index (Phi) is 10.7. The Morgan fingerprint density at radius 1 is 0.485 bits per heavy atom. The maximum atomic E-state index is 12.5. The van der Waals surface area contributed by atoms with Crippen LogP contribution in [0.25, 0.3) is 95.0 Å². The van der Waals surface area contributed by atoms with Crippen molar-refractivity contribution in [3.05, 3.63) is 217 Å². The largest absolute Gasteiger partial charge is 0.507 e. The number of aromatic nitrogens is 3. The maximum absolute atomic E-state index is 12.5. The number of nitrogens with zero attached hydrogens (tertiary/aromatic N) is 3. The third kappa shape index (κ3) is 8.43. The summed E-state index contributed by atoms with van der Waals surface area (Å²) in [6.45, 7) is 9.86. The van der Waals surface area contributed by atoms with E-state index in [4.69, 9.17) is 15.5 Å². The predicted octanol–water partition coefficient (Wildman–Crippen LogP) is 17.5. The molecule has 68 heavy (non-hydrogen) atoms. The molecule has 0 saturated heterocycles. The van der Waals surface area contributed by atoms with Gasteiger partial charge in [0.05, 0.1) is 28.0 Å². The summed E-state index contributed by atoms with van der Waals surface area (Å²) in [6, 6.07) is 63.1. The predicted molar refractivity (Wildman–Crippen MR) is 286 cm³/mol. The van der Waals surface area contributed by atoms with Crippen LogP contribution in [0, 0.1) is 6.85 Å². The molecule has 10 aromatic rings. The first-order valence-electron chi connectivity index (χ1n) is 25.5. The van der Waals surface area contributed by atoms with Crippen LogP contribution in [0.5, 0.6) is 5.75 Å². The average molecular weight is 888 g/mol.